The molecule has 114 valence electrons. The Balaban J connectivity index is 1.77. The summed E-state index contributed by atoms with van der Waals surface area (Å²) >= 11 is 0. The second kappa shape index (κ2) is 7.31. The van der Waals surface area contributed by atoms with E-state index in [0.717, 1.165) is 0 Å². The van der Waals surface area contributed by atoms with Crippen LogP contribution in [-0.4, -0.2) is 42.4 Å². The molecule has 0 aromatic heterocycles. The first kappa shape index (κ1) is 15.6. The molecule has 5 heteroatoms. The summed E-state index contributed by atoms with van der Waals surface area (Å²) < 4.78 is 18.1. The van der Waals surface area contributed by atoms with E-state index in [-0.39, 0.29) is 23.5 Å². The number of Topliss-reactive ketones (excluding diaryl/α,β-unsaturated/α-hetero) is 1. The van der Waals surface area contributed by atoms with Crippen molar-refractivity contribution >= 4 is 11.7 Å². The van der Waals surface area contributed by atoms with E-state index >= 15 is 0 Å². The third kappa shape index (κ3) is 4.36. The van der Waals surface area contributed by atoms with Crippen molar-refractivity contribution in [2.75, 3.05) is 19.8 Å². The number of carbonyl (C=O) groups is 2. The second-order valence-electron chi connectivity index (χ2n) is 5.29. The Labute approximate surface area is 123 Å². The number of carbonyl (C=O) groups excluding carboxylic acids is 2. The molecular weight excluding hydrogens is 273 g/mol. The van der Waals surface area contributed by atoms with Crippen LogP contribution in [0.4, 0.5) is 4.39 Å². The molecule has 1 aromatic rings. The van der Waals surface area contributed by atoms with Gasteiger partial charge in [-0.3, -0.25) is 9.59 Å². The predicted molar refractivity (Wildman–Crippen MR) is 76.6 cm³/mol. The molecular formula is C16H20FNO3. The van der Waals surface area contributed by atoms with E-state index in [1.54, 1.807) is 0 Å². The average molecular weight is 293 g/mol. The summed E-state index contributed by atoms with van der Waals surface area (Å²) in [6.45, 7) is 3.72. The van der Waals surface area contributed by atoms with Gasteiger partial charge in [0.25, 0.3) is 0 Å². The zero-order valence-corrected chi connectivity index (χ0v) is 12.2. The van der Waals surface area contributed by atoms with Crippen LogP contribution in [0.15, 0.2) is 24.3 Å². The molecule has 0 bridgehead atoms. The Morgan fingerprint density at radius 2 is 2.00 bits per heavy atom. The Morgan fingerprint density at radius 1 is 1.29 bits per heavy atom. The van der Waals surface area contributed by atoms with E-state index < -0.39 is 0 Å². The largest absolute Gasteiger partial charge is 0.377 e. The van der Waals surface area contributed by atoms with Crippen molar-refractivity contribution < 1.29 is 18.7 Å². The SMILES string of the molecule is CC1COCCN1C(=O)CCCC(=O)c1ccc(F)cc1. The van der Waals surface area contributed by atoms with Crippen molar-refractivity contribution in [1.29, 1.82) is 0 Å². The summed E-state index contributed by atoms with van der Waals surface area (Å²) in [7, 11) is 0. The van der Waals surface area contributed by atoms with E-state index in [4.69, 9.17) is 4.74 Å². The minimum Gasteiger partial charge on any atom is -0.377 e. The van der Waals surface area contributed by atoms with Crippen molar-refractivity contribution in [3.05, 3.63) is 35.6 Å². The van der Waals surface area contributed by atoms with Gasteiger partial charge < -0.3 is 9.64 Å². The van der Waals surface area contributed by atoms with E-state index in [0.29, 0.717) is 44.6 Å². The van der Waals surface area contributed by atoms with Crippen molar-refractivity contribution in [2.45, 2.75) is 32.2 Å². The molecule has 0 aliphatic carbocycles. The first-order valence-electron chi connectivity index (χ1n) is 7.24. The molecule has 1 atom stereocenters. The predicted octanol–water partition coefficient (Wildman–Crippen LogP) is 2.43. The highest BCUT2D eigenvalue weighted by atomic mass is 19.1. The standard InChI is InChI=1S/C16H20FNO3/c1-12-11-21-10-9-18(12)16(20)4-2-3-15(19)13-5-7-14(17)8-6-13/h5-8,12H,2-4,9-11H2,1H3. The van der Waals surface area contributed by atoms with Crippen LogP contribution in [0.5, 0.6) is 0 Å². The quantitative estimate of drug-likeness (QED) is 0.783. The highest BCUT2D eigenvalue weighted by molar-refractivity contribution is 5.96. The molecule has 1 aliphatic rings. The number of rotatable bonds is 5. The third-order valence-electron chi connectivity index (χ3n) is 3.65. The fourth-order valence-corrected chi connectivity index (χ4v) is 2.42. The molecule has 1 heterocycles. The van der Waals surface area contributed by atoms with Gasteiger partial charge in [0.1, 0.15) is 5.82 Å². The molecule has 1 fully saturated rings. The van der Waals surface area contributed by atoms with Crippen molar-refractivity contribution in [2.24, 2.45) is 0 Å². The number of morpholine rings is 1. The van der Waals surface area contributed by atoms with Crippen LogP contribution in [0, 0.1) is 5.82 Å². The van der Waals surface area contributed by atoms with Crippen molar-refractivity contribution in [3.8, 4) is 0 Å². The average Bonchev–Trinajstić information content (AvgIpc) is 2.48. The highest BCUT2D eigenvalue weighted by Gasteiger charge is 2.23. The molecule has 21 heavy (non-hydrogen) atoms. The smallest absolute Gasteiger partial charge is 0.222 e. The normalized spacial score (nSPS) is 18.6. The molecule has 1 amide bonds. The van der Waals surface area contributed by atoms with Gasteiger partial charge >= 0.3 is 0 Å². The lowest BCUT2D eigenvalue weighted by atomic mass is 10.0. The van der Waals surface area contributed by atoms with Gasteiger partial charge in [0.05, 0.1) is 19.3 Å². The van der Waals surface area contributed by atoms with E-state index in [9.17, 15) is 14.0 Å². The summed E-state index contributed by atoms with van der Waals surface area (Å²) in [6.07, 6.45) is 1.17. The Hall–Kier alpha value is -1.75. The fraction of sp³-hybridized carbons (Fsp3) is 0.500. The molecule has 0 N–H and O–H groups in total. The Morgan fingerprint density at radius 3 is 2.67 bits per heavy atom. The monoisotopic (exact) mass is 293 g/mol. The lowest BCUT2D eigenvalue weighted by molar-refractivity contribution is -0.139. The maximum atomic E-state index is 12.8. The van der Waals surface area contributed by atoms with Crippen LogP contribution >= 0.6 is 0 Å². The van der Waals surface area contributed by atoms with E-state index in [2.05, 4.69) is 0 Å². The van der Waals surface area contributed by atoms with Crippen LogP contribution in [0.1, 0.15) is 36.5 Å². The molecule has 1 aliphatic heterocycles. The van der Waals surface area contributed by atoms with Gasteiger partial charge in [0.15, 0.2) is 5.78 Å². The molecule has 1 aromatic carbocycles. The summed E-state index contributed by atoms with van der Waals surface area (Å²) in [5, 5.41) is 0. The number of halogens is 1. The molecule has 0 spiro atoms. The number of ether oxygens (including phenoxy) is 1. The zero-order chi connectivity index (χ0) is 15.2. The highest BCUT2D eigenvalue weighted by Crippen LogP contribution is 2.12. The first-order valence-corrected chi connectivity index (χ1v) is 7.24. The maximum absolute atomic E-state index is 12.8. The van der Waals surface area contributed by atoms with Gasteiger partial charge in [-0.05, 0) is 37.6 Å². The minimum atomic E-state index is -0.358. The van der Waals surface area contributed by atoms with E-state index in [1.807, 2.05) is 11.8 Å². The molecule has 0 saturated carbocycles. The maximum Gasteiger partial charge on any atom is 0.222 e. The van der Waals surface area contributed by atoms with Crippen LogP contribution in [-0.2, 0) is 9.53 Å². The second-order valence-corrected chi connectivity index (χ2v) is 5.29. The van der Waals surface area contributed by atoms with Crippen molar-refractivity contribution in [3.63, 3.8) is 0 Å². The fourth-order valence-electron chi connectivity index (χ4n) is 2.42. The number of hydrogen-bond acceptors (Lipinski definition) is 3. The van der Waals surface area contributed by atoms with Crippen LogP contribution in [0.2, 0.25) is 0 Å². The minimum absolute atomic E-state index is 0.0576. The lowest BCUT2D eigenvalue weighted by Gasteiger charge is -2.33. The lowest BCUT2D eigenvalue weighted by Crippen LogP contribution is -2.47. The third-order valence-corrected chi connectivity index (χ3v) is 3.65. The molecule has 2 rings (SSSR count). The first-order chi connectivity index (χ1) is 10.1. The number of benzene rings is 1. The zero-order valence-electron chi connectivity index (χ0n) is 12.2. The van der Waals surface area contributed by atoms with Gasteiger partial charge in [-0.1, -0.05) is 0 Å². The van der Waals surface area contributed by atoms with E-state index in [1.165, 1.54) is 24.3 Å². The summed E-state index contributed by atoms with van der Waals surface area (Å²) in [5.41, 5.74) is 0.489. The molecule has 1 saturated heterocycles. The number of amides is 1. The van der Waals surface area contributed by atoms with Crippen LogP contribution in [0.3, 0.4) is 0 Å². The van der Waals surface area contributed by atoms with Crippen LogP contribution in [0.25, 0.3) is 0 Å². The Kier molecular flexibility index (Phi) is 5.44. The summed E-state index contributed by atoms with van der Waals surface area (Å²) in [5.74, 6) is -0.349. The topological polar surface area (TPSA) is 46.6 Å². The molecule has 1 unspecified atom stereocenters. The van der Waals surface area contributed by atoms with Gasteiger partial charge in [0, 0.05) is 24.9 Å². The molecule has 4 nitrogen and oxygen atoms in total. The van der Waals surface area contributed by atoms with Gasteiger partial charge in [-0.2, -0.15) is 0 Å². The van der Waals surface area contributed by atoms with Gasteiger partial charge in [-0.25, -0.2) is 4.39 Å². The number of nitrogens with zero attached hydrogens (tertiary/aromatic N) is 1. The summed E-state index contributed by atoms with van der Waals surface area (Å²) in [6, 6.07) is 5.59. The van der Waals surface area contributed by atoms with Crippen molar-refractivity contribution in [1.82, 2.24) is 4.90 Å². The molecule has 0 radical (unpaired) electrons. The van der Waals surface area contributed by atoms with Crippen LogP contribution < -0.4 is 0 Å². The Bertz CT molecular complexity index is 501. The number of ketones is 1. The van der Waals surface area contributed by atoms with Gasteiger partial charge in [-0.15, -0.1) is 0 Å². The van der Waals surface area contributed by atoms with Gasteiger partial charge in [0.2, 0.25) is 5.91 Å². The summed E-state index contributed by atoms with van der Waals surface area (Å²) in [4.78, 5) is 25.8. The number of hydrogen-bond donors (Lipinski definition) is 0.